The van der Waals surface area contributed by atoms with Crippen LogP contribution in [0.4, 0.5) is 5.69 Å². The highest BCUT2D eigenvalue weighted by Crippen LogP contribution is 2.34. The van der Waals surface area contributed by atoms with E-state index in [9.17, 15) is 18.0 Å². The van der Waals surface area contributed by atoms with Crippen LogP contribution in [0.1, 0.15) is 49.8 Å². The van der Waals surface area contributed by atoms with E-state index in [-0.39, 0.29) is 28.8 Å². The van der Waals surface area contributed by atoms with Gasteiger partial charge in [0.25, 0.3) is 10.0 Å². The molecule has 0 bridgehead atoms. The van der Waals surface area contributed by atoms with Crippen LogP contribution in [-0.4, -0.2) is 51.4 Å². The molecule has 232 valence electrons. The Kier molecular flexibility index (Phi) is 12.3. The summed E-state index contributed by atoms with van der Waals surface area (Å²) in [7, 11) is -2.80. The van der Waals surface area contributed by atoms with Gasteiger partial charge in [0.1, 0.15) is 18.3 Å². The highest BCUT2D eigenvalue weighted by Gasteiger charge is 2.35. The monoisotopic (exact) mass is 647 g/mol. The Balaban J connectivity index is 2.12. The number of hydrogen-bond donors (Lipinski definition) is 1. The van der Waals surface area contributed by atoms with Crippen molar-refractivity contribution in [2.75, 3.05) is 24.5 Å². The highest BCUT2D eigenvalue weighted by atomic mass is 35.5. The number of aryl methyl sites for hydroxylation is 2. The summed E-state index contributed by atoms with van der Waals surface area (Å²) in [6, 6.07) is 15.7. The first-order chi connectivity index (χ1) is 20.4. The Morgan fingerprint density at radius 2 is 1.60 bits per heavy atom. The average Bonchev–Trinajstić information content (AvgIpc) is 2.97. The number of benzene rings is 3. The first-order valence-electron chi connectivity index (χ1n) is 14.2. The Morgan fingerprint density at radius 3 is 2.21 bits per heavy atom. The van der Waals surface area contributed by atoms with E-state index >= 15 is 0 Å². The van der Waals surface area contributed by atoms with Crippen molar-refractivity contribution in [2.24, 2.45) is 0 Å². The van der Waals surface area contributed by atoms with Gasteiger partial charge in [-0.05, 0) is 74.2 Å². The molecular weight excluding hydrogens is 609 g/mol. The van der Waals surface area contributed by atoms with Gasteiger partial charge in [0.05, 0.1) is 27.7 Å². The summed E-state index contributed by atoms with van der Waals surface area (Å²) in [5.41, 5.74) is 2.53. The number of methoxy groups -OCH3 is 1. The summed E-state index contributed by atoms with van der Waals surface area (Å²) >= 11 is 12.4. The molecule has 0 aromatic heterocycles. The minimum Gasteiger partial charge on any atom is -0.495 e. The maximum Gasteiger partial charge on any atom is 0.264 e. The Bertz CT molecular complexity index is 1530. The minimum atomic E-state index is -4.24. The second-order valence-electron chi connectivity index (χ2n) is 10.3. The van der Waals surface area contributed by atoms with Crippen LogP contribution in [0.15, 0.2) is 65.6 Å². The SMILES string of the molecule is CCCCNC(=O)[C@H](CC)N(Cc1ccc(Cl)c(Cl)c1)C(=O)CN(c1cc(C)ccc1OC)S(=O)(=O)c1ccc(C)cc1. The normalized spacial score (nSPS) is 12.0. The van der Waals surface area contributed by atoms with E-state index in [2.05, 4.69) is 5.32 Å². The third-order valence-corrected chi connectivity index (χ3v) is 9.56. The van der Waals surface area contributed by atoms with E-state index in [0.717, 1.165) is 28.3 Å². The quantitative estimate of drug-likeness (QED) is 0.201. The molecule has 8 nitrogen and oxygen atoms in total. The predicted octanol–water partition coefficient (Wildman–Crippen LogP) is 6.54. The predicted molar refractivity (Wildman–Crippen MR) is 172 cm³/mol. The summed E-state index contributed by atoms with van der Waals surface area (Å²) in [4.78, 5) is 29.1. The summed E-state index contributed by atoms with van der Waals surface area (Å²) < 4.78 is 34.9. The lowest BCUT2D eigenvalue weighted by Crippen LogP contribution is -2.52. The van der Waals surface area contributed by atoms with Crippen LogP contribution in [0, 0.1) is 13.8 Å². The van der Waals surface area contributed by atoms with Crippen molar-refractivity contribution < 1.29 is 22.7 Å². The summed E-state index contributed by atoms with van der Waals surface area (Å²) in [6.45, 7) is 7.42. The van der Waals surface area contributed by atoms with E-state index in [1.165, 1.54) is 24.1 Å². The molecule has 43 heavy (non-hydrogen) atoms. The molecule has 0 unspecified atom stereocenters. The number of sulfonamides is 1. The Hall–Kier alpha value is -3.27. The maximum absolute atomic E-state index is 14.3. The Labute approximate surface area is 265 Å². The smallest absolute Gasteiger partial charge is 0.264 e. The molecule has 1 N–H and O–H groups in total. The highest BCUT2D eigenvalue weighted by molar-refractivity contribution is 7.92. The van der Waals surface area contributed by atoms with Gasteiger partial charge in [0.15, 0.2) is 0 Å². The number of carbonyl (C=O) groups is 2. The lowest BCUT2D eigenvalue weighted by atomic mass is 10.1. The van der Waals surface area contributed by atoms with Gasteiger partial charge in [-0.25, -0.2) is 8.42 Å². The average molecular weight is 649 g/mol. The van der Waals surface area contributed by atoms with Crippen LogP contribution < -0.4 is 14.4 Å². The topological polar surface area (TPSA) is 96.0 Å². The number of ether oxygens (including phenoxy) is 1. The zero-order chi connectivity index (χ0) is 31.7. The molecular formula is C32H39Cl2N3O5S. The van der Waals surface area contributed by atoms with E-state index in [1.54, 1.807) is 48.5 Å². The van der Waals surface area contributed by atoms with E-state index in [4.69, 9.17) is 27.9 Å². The molecule has 3 aromatic rings. The van der Waals surface area contributed by atoms with Crippen molar-refractivity contribution in [3.05, 3.63) is 87.4 Å². The number of unbranched alkanes of at least 4 members (excludes halogenated alkanes) is 1. The molecule has 0 spiro atoms. The van der Waals surface area contributed by atoms with Gasteiger partial charge in [-0.2, -0.15) is 0 Å². The zero-order valence-corrected chi connectivity index (χ0v) is 27.5. The standard InChI is InChI=1S/C32H39Cl2N3O5S/c1-6-8-17-35-32(39)28(7-2)36(20-24-12-15-26(33)27(34)19-24)31(38)21-37(29-18-23(4)11-16-30(29)42-5)43(40,41)25-13-9-22(3)10-14-25/h9-16,18-19,28H,6-8,17,20-21H2,1-5H3,(H,35,39)/t28-/m0/s1. The number of halogens is 2. The molecule has 1 atom stereocenters. The fourth-order valence-corrected chi connectivity index (χ4v) is 6.34. The summed E-state index contributed by atoms with van der Waals surface area (Å²) in [5, 5.41) is 3.58. The molecule has 3 rings (SSSR count). The zero-order valence-electron chi connectivity index (χ0n) is 25.2. The molecule has 0 aliphatic carbocycles. The molecule has 0 aliphatic heterocycles. The van der Waals surface area contributed by atoms with Gasteiger partial charge >= 0.3 is 0 Å². The van der Waals surface area contributed by atoms with Gasteiger partial charge in [-0.15, -0.1) is 0 Å². The van der Waals surface area contributed by atoms with Crippen LogP contribution in [0.25, 0.3) is 0 Å². The van der Waals surface area contributed by atoms with Crippen molar-refractivity contribution in [3.8, 4) is 5.75 Å². The molecule has 0 heterocycles. The lowest BCUT2D eigenvalue weighted by molar-refractivity contribution is -0.140. The molecule has 3 aromatic carbocycles. The summed E-state index contributed by atoms with van der Waals surface area (Å²) in [6.07, 6.45) is 2.00. The van der Waals surface area contributed by atoms with Crippen molar-refractivity contribution >= 4 is 50.7 Å². The van der Waals surface area contributed by atoms with Gasteiger partial charge in [-0.1, -0.05) is 73.3 Å². The largest absolute Gasteiger partial charge is 0.495 e. The maximum atomic E-state index is 14.3. The number of carbonyl (C=O) groups excluding carboxylic acids is 2. The first kappa shape index (κ1) is 34.2. The second-order valence-corrected chi connectivity index (χ2v) is 13.0. The van der Waals surface area contributed by atoms with Crippen LogP contribution in [-0.2, 0) is 26.2 Å². The number of rotatable bonds is 14. The lowest BCUT2D eigenvalue weighted by Gasteiger charge is -2.33. The summed E-state index contributed by atoms with van der Waals surface area (Å²) in [5.74, 6) is -0.595. The third kappa shape index (κ3) is 8.65. The Morgan fingerprint density at radius 1 is 0.930 bits per heavy atom. The fourth-order valence-electron chi connectivity index (χ4n) is 4.61. The molecule has 0 aliphatic rings. The van der Waals surface area contributed by atoms with Crippen molar-refractivity contribution in [1.82, 2.24) is 10.2 Å². The van der Waals surface area contributed by atoms with Crippen molar-refractivity contribution in [3.63, 3.8) is 0 Å². The van der Waals surface area contributed by atoms with Gasteiger partial charge < -0.3 is 15.0 Å². The molecule has 2 amide bonds. The third-order valence-electron chi connectivity index (χ3n) is 7.04. The molecule has 11 heteroatoms. The number of nitrogens with zero attached hydrogens (tertiary/aromatic N) is 2. The number of nitrogens with one attached hydrogen (secondary N) is 1. The van der Waals surface area contributed by atoms with Crippen molar-refractivity contribution in [2.45, 2.75) is 64.4 Å². The van der Waals surface area contributed by atoms with Crippen LogP contribution in [0.3, 0.4) is 0 Å². The first-order valence-corrected chi connectivity index (χ1v) is 16.4. The van der Waals surface area contributed by atoms with Crippen LogP contribution in [0.2, 0.25) is 10.0 Å². The van der Waals surface area contributed by atoms with Gasteiger partial charge in [0, 0.05) is 13.1 Å². The second kappa shape index (κ2) is 15.5. The molecule has 0 radical (unpaired) electrons. The van der Waals surface area contributed by atoms with Gasteiger partial charge in [0.2, 0.25) is 11.8 Å². The number of anilines is 1. The molecule has 0 saturated heterocycles. The van der Waals surface area contributed by atoms with Crippen LogP contribution in [0.5, 0.6) is 5.75 Å². The van der Waals surface area contributed by atoms with E-state index < -0.39 is 28.5 Å². The van der Waals surface area contributed by atoms with E-state index in [0.29, 0.717) is 28.6 Å². The van der Waals surface area contributed by atoms with E-state index in [1.807, 2.05) is 27.7 Å². The van der Waals surface area contributed by atoms with Crippen molar-refractivity contribution in [1.29, 1.82) is 0 Å². The molecule has 0 fully saturated rings. The minimum absolute atomic E-state index is 0.0127. The number of amides is 2. The fraction of sp³-hybridized carbons (Fsp3) is 0.375. The van der Waals surface area contributed by atoms with Crippen LogP contribution >= 0.6 is 23.2 Å². The van der Waals surface area contributed by atoms with Gasteiger partial charge in [-0.3, -0.25) is 13.9 Å². The molecule has 0 saturated carbocycles. The number of hydrogen-bond acceptors (Lipinski definition) is 5.